The van der Waals surface area contributed by atoms with Gasteiger partial charge in [-0.3, -0.25) is 9.59 Å². The first kappa shape index (κ1) is 21.2. The van der Waals surface area contributed by atoms with Crippen LogP contribution in [0.1, 0.15) is 10.4 Å². The minimum atomic E-state index is -0.347. The van der Waals surface area contributed by atoms with Crippen molar-refractivity contribution < 1.29 is 9.53 Å². The fraction of sp³-hybridized carbons (Fsp3) is 0.200. The summed E-state index contributed by atoms with van der Waals surface area (Å²) >= 11 is 3.02. The van der Waals surface area contributed by atoms with Gasteiger partial charge in [0.1, 0.15) is 12.2 Å². The van der Waals surface area contributed by atoms with E-state index in [1.165, 1.54) is 16.0 Å². The van der Waals surface area contributed by atoms with E-state index in [-0.39, 0.29) is 17.9 Å². The molecule has 1 aliphatic heterocycles. The largest absolute Gasteiger partial charge is 0.378 e. The molecular weight excluding hydrogens is 468 g/mol. The van der Waals surface area contributed by atoms with E-state index in [1.807, 2.05) is 53.9 Å². The molecule has 6 rings (SSSR count). The summed E-state index contributed by atoms with van der Waals surface area (Å²) < 4.78 is 7.47. The molecule has 7 nitrogen and oxygen atoms in total. The fourth-order valence-electron chi connectivity index (χ4n) is 4.11. The predicted molar refractivity (Wildman–Crippen MR) is 136 cm³/mol. The van der Waals surface area contributed by atoms with E-state index in [1.54, 1.807) is 17.4 Å². The molecule has 0 radical (unpaired) electrons. The van der Waals surface area contributed by atoms with E-state index in [0.717, 1.165) is 38.6 Å². The number of morpholine rings is 1. The summed E-state index contributed by atoms with van der Waals surface area (Å²) in [7, 11) is 0. The molecule has 0 unspecified atom stereocenters. The Morgan fingerprint density at radius 1 is 1.03 bits per heavy atom. The van der Waals surface area contributed by atoms with Gasteiger partial charge in [0.25, 0.3) is 5.56 Å². The van der Waals surface area contributed by atoms with Crippen LogP contribution in [-0.4, -0.2) is 46.9 Å². The summed E-state index contributed by atoms with van der Waals surface area (Å²) in [6, 6.07) is 17.4. The maximum atomic E-state index is 13.4. The van der Waals surface area contributed by atoms with Crippen molar-refractivity contribution in [3.63, 3.8) is 0 Å². The number of rotatable bonds is 5. The number of Topliss-reactive ketones (excluding diaryl/α,β-unsaturated/α-hetero) is 1. The van der Waals surface area contributed by atoms with Gasteiger partial charge >= 0.3 is 0 Å². The number of nitrogens with zero attached hydrogens (tertiary/aromatic N) is 4. The molecule has 1 aliphatic rings. The van der Waals surface area contributed by atoms with Crippen molar-refractivity contribution in [1.82, 2.24) is 14.8 Å². The Bertz CT molecular complexity index is 1570. The highest BCUT2D eigenvalue weighted by molar-refractivity contribution is 7.23. The molecule has 0 aliphatic carbocycles. The second-order valence-electron chi connectivity index (χ2n) is 8.05. The van der Waals surface area contributed by atoms with Gasteiger partial charge in [0.2, 0.25) is 0 Å². The van der Waals surface area contributed by atoms with Crippen LogP contribution >= 0.6 is 22.7 Å². The molecule has 34 heavy (non-hydrogen) atoms. The minimum absolute atomic E-state index is 0.143. The van der Waals surface area contributed by atoms with Gasteiger partial charge in [-0.05, 0) is 28.3 Å². The zero-order valence-electron chi connectivity index (χ0n) is 18.1. The Kier molecular flexibility index (Phi) is 5.44. The summed E-state index contributed by atoms with van der Waals surface area (Å²) in [5.41, 5.74) is 1.25. The number of anilines is 1. The van der Waals surface area contributed by atoms with E-state index >= 15 is 0 Å². The molecule has 3 aromatic heterocycles. The number of hydrogen-bond donors (Lipinski definition) is 0. The average molecular weight is 489 g/mol. The van der Waals surface area contributed by atoms with Gasteiger partial charge in [-0.25, -0.2) is 9.67 Å². The molecule has 5 aromatic rings. The second kappa shape index (κ2) is 8.75. The normalized spacial score (nSPS) is 14.2. The number of ether oxygens (including phenoxy) is 1. The number of ketones is 1. The minimum Gasteiger partial charge on any atom is -0.378 e. The van der Waals surface area contributed by atoms with Crippen LogP contribution in [0.25, 0.3) is 31.6 Å². The molecular formula is C25H20N4O3S2. The molecule has 0 amide bonds. The first-order valence-electron chi connectivity index (χ1n) is 11.0. The van der Waals surface area contributed by atoms with E-state index in [2.05, 4.69) is 10.00 Å². The lowest BCUT2D eigenvalue weighted by Gasteiger charge is -2.25. The highest BCUT2D eigenvalue weighted by Gasteiger charge is 2.22. The lowest BCUT2D eigenvalue weighted by atomic mass is 10.0. The molecule has 0 saturated carbocycles. The number of carbonyl (C=O) groups excluding carboxylic acids is 1. The number of thiazole rings is 1. The summed E-state index contributed by atoms with van der Waals surface area (Å²) in [6.45, 7) is 2.59. The zero-order valence-corrected chi connectivity index (χ0v) is 19.8. The lowest BCUT2D eigenvalue weighted by Crippen LogP contribution is -2.36. The van der Waals surface area contributed by atoms with Gasteiger partial charge in [-0.2, -0.15) is 5.10 Å². The summed E-state index contributed by atoms with van der Waals surface area (Å²) in [6.07, 6.45) is 0. The summed E-state index contributed by atoms with van der Waals surface area (Å²) in [4.78, 5) is 34.3. The summed E-state index contributed by atoms with van der Waals surface area (Å²) in [5.74, 6) is -0.166. The van der Waals surface area contributed by atoms with Crippen molar-refractivity contribution in [2.45, 2.75) is 6.54 Å². The number of thiophene rings is 1. The van der Waals surface area contributed by atoms with Crippen molar-refractivity contribution >= 4 is 54.6 Å². The number of benzene rings is 2. The zero-order chi connectivity index (χ0) is 23.1. The van der Waals surface area contributed by atoms with Crippen LogP contribution in [0.2, 0.25) is 0 Å². The average Bonchev–Trinajstić information content (AvgIpc) is 3.57. The molecule has 1 saturated heterocycles. The number of aromatic nitrogens is 3. The quantitative estimate of drug-likeness (QED) is 0.340. The highest BCUT2D eigenvalue weighted by atomic mass is 32.1. The number of carbonyl (C=O) groups is 1. The highest BCUT2D eigenvalue weighted by Crippen LogP contribution is 2.35. The van der Waals surface area contributed by atoms with E-state index in [0.29, 0.717) is 30.0 Å². The Morgan fingerprint density at radius 2 is 1.85 bits per heavy atom. The lowest BCUT2D eigenvalue weighted by molar-refractivity contribution is 0.0966. The smallest absolute Gasteiger partial charge is 0.294 e. The van der Waals surface area contributed by atoms with Gasteiger partial charge in [0.15, 0.2) is 16.4 Å². The Morgan fingerprint density at radius 3 is 2.65 bits per heavy atom. The fourth-order valence-corrected chi connectivity index (χ4v) is 6.00. The predicted octanol–water partition coefficient (Wildman–Crippen LogP) is 4.45. The molecule has 0 N–H and O–H groups in total. The summed E-state index contributed by atoms with van der Waals surface area (Å²) in [5, 5.41) is 9.46. The molecule has 0 spiro atoms. The Labute approximate surface area is 202 Å². The third-order valence-corrected chi connectivity index (χ3v) is 7.89. The van der Waals surface area contributed by atoms with Gasteiger partial charge in [-0.15, -0.1) is 11.3 Å². The van der Waals surface area contributed by atoms with Crippen molar-refractivity contribution in [2.75, 3.05) is 31.2 Å². The van der Waals surface area contributed by atoms with Crippen LogP contribution in [0.4, 0.5) is 5.13 Å². The van der Waals surface area contributed by atoms with Crippen molar-refractivity contribution in [3.05, 3.63) is 75.9 Å². The molecule has 1 fully saturated rings. The number of hydrogen-bond acceptors (Lipinski definition) is 8. The van der Waals surface area contributed by atoms with Crippen LogP contribution < -0.4 is 10.5 Å². The van der Waals surface area contributed by atoms with Crippen molar-refractivity contribution in [2.24, 2.45) is 0 Å². The molecule has 0 bridgehead atoms. The van der Waals surface area contributed by atoms with E-state index < -0.39 is 0 Å². The van der Waals surface area contributed by atoms with Crippen LogP contribution in [-0.2, 0) is 11.3 Å². The molecule has 2 aromatic carbocycles. The molecule has 170 valence electrons. The van der Waals surface area contributed by atoms with Gasteiger partial charge in [0, 0.05) is 18.7 Å². The third-order valence-electron chi connectivity index (χ3n) is 5.89. The van der Waals surface area contributed by atoms with Crippen LogP contribution in [0.5, 0.6) is 0 Å². The Balaban J connectivity index is 1.43. The first-order chi connectivity index (χ1) is 16.7. The van der Waals surface area contributed by atoms with Gasteiger partial charge in [-0.1, -0.05) is 53.8 Å². The molecule has 4 heterocycles. The van der Waals surface area contributed by atoms with Gasteiger partial charge in [0.05, 0.1) is 22.8 Å². The van der Waals surface area contributed by atoms with Gasteiger partial charge < -0.3 is 9.64 Å². The number of fused-ring (bicyclic) bond motifs is 2. The van der Waals surface area contributed by atoms with Crippen LogP contribution in [0, 0.1) is 0 Å². The van der Waals surface area contributed by atoms with E-state index in [9.17, 15) is 9.59 Å². The van der Waals surface area contributed by atoms with Crippen LogP contribution in [0.3, 0.4) is 0 Å². The van der Waals surface area contributed by atoms with Crippen LogP contribution in [0.15, 0.2) is 64.8 Å². The Hall–Kier alpha value is -3.40. The monoisotopic (exact) mass is 488 g/mol. The maximum Gasteiger partial charge on any atom is 0.294 e. The SMILES string of the molecule is O=C(Cn1nc(-c2cccs2)c2sc(N3CCOCC3)nc2c1=O)c1ccc2ccccc2c1. The first-order valence-corrected chi connectivity index (χ1v) is 12.7. The standard InChI is InChI=1S/C25H20N4O3S2/c30-19(18-8-7-16-4-1-2-5-17(16)14-18)15-29-24(31)22-23(21(27-29)20-6-3-13-33-20)34-25(26-22)28-9-11-32-12-10-28/h1-8,13-14H,9-12,15H2. The molecule has 9 heteroatoms. The van der Waals surface area contributed by atoms with E-state index in [4.69, 9.17) is 9.72 Å². The topological polar surface area (TPSA) is 77.3 Å². The second-order valence-corrected chi connectivity index (χ2v) is 9.97. The maximum absolute atomic E-state index is 13.4. The third kappa shape index (κ3) is 3.81. The molecule has 0 atom stereocenters. The van der Waals surface area contributed by atoms with Crippen molar-refractivity contribution in [1.29, 1.82) is 0 Å². The van der Waals surface area contributed by atoms with Crippen molar-refractivity contribution in [3.8, 4) is 10.6 Å².